The van der Waals surface area contributed by atoms with E-state index in [0.29, 0.717) is 0 Å². The van der Waals surface area contributed by atoms with E-state index in [1.165, 1.54) is 25.3 Å². The van der Waals surface area contributed by atoms with Crippen molar-refractivity contribution in [3.63, 3.8) is 0 Å². The van der Waals surface area contributed by atoms with Gasteiger partial charge in [-0.2, -0.15) is 13.2 Å². The van der Waals surface area contributed by atoms with E-state index < -0.39 is 17.7 Å². The van der Waals surface area contributed by atoms with Crippen molar-refractivity contribution in [3.05, 3.63) is 41.0 Å². The van der Waals surface area contributed by atoms with Crippen LogP contribution in [0.1, 0.15) is 11.1 Å². The molecule has 0 saturated carbocycles. The molecule has 1 N–H and O–H groups in total. The number of hydrogen-bond acceptors (Lipinski definition) is 2. The number of benzene rings is 1. The van der Waals surface area contributed by atoms with Crippen molar-refractivity contribution < 1.29 is 27.8 Å². The standard InChI is InChI=1S/C12H11F3O3/c1-18-7-9(11(16)17)6-8-4-2-3-5-10(8)12(13,14)15/h2-6H,7H2,1H3,(H,16,17)/b9-6+. The summed E-state index contributed by atoms with van der Waals surface area (Å²) in [5.74, 6) is -1.31. The molecule has 0 radical (unpaired) electrons. The van der Waals surface area contributed by atoms with Crippen molar-refractivity contribution in [1.82, 2.24) is 0 Å². The molecule has 0 spiro atoms. The van der Waals surface area contributed by atoms with Gasteiger partial charge < -0.3 is 9.84 Å². The van der Waals surface area contributed by atoms with E-state index in [2.05, 4.69) is 4.74 Å². The SMILES string of the molecule is COC/C(=C\c1ccccc1C(F)(F)F)C(=O)O. The number of ether oxygens (including phenoxy) is 1. The van der Waals surface area contributed by atoms with Crippen LogP contribution in [0.25, 0.3) is 6.08 Å². The molecule has 1 aromatic carbocycles. The number of rotatable bonds is 4. The third kappa shape index (κ3) is 3.59. The second kappa shape index (κ2) is 5.68. The van der Waals surface area contributed by atoms with Crippen LogP contribution in [0.5, 0.6) is 0 Å². The first-order chi connectivity index (χ1) is 8.36. The quantitative estimate of drug-likeness (QED) is 0.847. The van der Waals surface area contributed by atoms with Crippen LogP contribution in [0.15, 0.2) is 29.8 Å². The highest BCUT2D eigenvalue weighted by atomic mass is 19.4. The zero-order valence-electron chi connectivity index (χ0n) is 9.49. The zero-order valence-corrected chi connectivity index (χ0v) is 9.49. The first-order valence-electron chi connectivity index (χ1n) is 4.95. The molecular weight excluding hydrogens is 249 g/mol. The van der Waals surface area contributed by atoms with Crippen LogP contribution in [0, 0.1) is 0 Å². The lowest BCUT2D eigenvalue weighted by Gasteiger charge is -2.10. The van der Waals surface area contributed by atoms with Crippen molar-refractivity contribution in [1.29, 1.82) is 0 Å². The number of carbonyl (C=O) groups is 1. The molecule has 3 nitrogen and oxygen atoms in total. The Morgan fingerprint density at radius 3 is 2.50 bits per heavy atom. The molecule has 98 valence electrons. The number of halogens is 3. The van der Waals surface area contributed by atoms with Gasteiger partial charge in [-0.25, -0.2) is 4.79 Å². The zero-order chi connectivity index (χ0) is 13.8. The van der Waals surface area contributed by atoms with E-state index in [9.17, 15) is 18.0 Å². The third-order valence-electron chi connectivity index (χ3n) is 2.17. The van der Waals surface area contributed by atoms with Crippen LogP contribution < -0.4 is 0 Å². The number of hydrogen-bond donors (Lipinski definition) is 1. The van der Waals surface area contributed by atoms with E-state index in [0.717, 1.165) is 12.1 Å². The lowest BCUT2D eigenvalue weighted by molar-refractivity contribution is -0.138. The Morgan fingerprint density at radius 1 is 1.39 bits per heavy atom. The minimum absolute atomic E-state index is 0.195. The highest BCUT2D eigenvalue weighted by Crippen LogP contribution is 2.32. The maximum absolute atomic E-state index is 12.7. The van der Waals surface area contributed by atoms with Crippen molar-refractivity contribution in [3.8, 4) is 0 Å². The van der Waals surface area contributed by atoms with E-state index in [1.807, 2.05) is 0 Å². The molecule has 0 fully saturated rings. The Balaban J connectivity index is 3.24. The molecule has 0 aliphatic heterocycles. The van der Waals surface area contributed by atoms with Gasteiger partial charge in [-0.1, -0.05) is 18.2 Å². The van der Waals surface area contributed by atoms with E-state index >= 15 is 0 Å². The van der Waals surface area contributed by atoms with Crippen molar-refractivity contribution in [2.24, 2.45) is 0 Å². The predicted molar refractivity (Wildman–Crippen MR) is 58.9 cm³/mol. The summed E-state index contributed by atoms with van der Waals surface area (Å²) in [4.78, 5) is 10.8. The highest BCUT2D eigenvalue weighted by molar-refractivity contribution is 5.92. The molecule has 0 unspecified atom stereocenters. The third-order valence-corrected chi connectivity index (χ3v) is 2.17. The lowest BCUT2D eigenvalue weighted by Crippen LogP contribution is -2.10. The summed E-state index contributed by atoms with van der Waals surface area (Å²) in [6.07, 6.45) is -3.56. The molecule has 0 atom stereocenters. The fraction of sp³-hybridized carbons (Fsp3) is 0.250. The molecule has 1 aromatic rings. The fourth-order valence-corrected chi connectivity index (χ4v) is 1.39. The van der Waals surface area contributed by atoms with Crippen LogP contribution in [0.2, 0.25) is 0 Å². The largest absolute Gasteiger partial charge is 0.478 e. The summed E-state index contributed by atoms with van der Waals surface area (Å²) in [7, 11) is 1.27. The minimum atomic E-state index is -4.52. The van der Waals surface area contributed by atoms with E-state index in [1.54, 1.807) is 0 Å². The van der Waals surface area contributed by atoms with Crippen molar-refractivity contribution in [2.75, 3.05) is 13.7 Å². The summed E-state index contributed by atoms with van der Waals surface area (Å²) >= 11 is 0. The lowest BCUT2D eigenvalue weighted by atomic mass is 10.0. The maximum Gasteiger partial charge on any atom is 0.416 e. The molecule has 0 heterocycles. The molecule has 0 aromatic heterocycles. The number of carboxylic acid groups (broad SMARTS) is 1. The molecule has 0 aliphatic carbocycles. The van der Waals surface area contributed by atoms with E-state index in [-0.39, 0.29) is 17.7 Å². The molecule has 0 aliphatic rings. The number of alkyl halides is 3. The molecule has 0 saturated heterocycles. The van der Waals surface area contributed by atoms with Gasteiger partial charge in [0.2, 0.25) is 0 Å². The van der Waals surface area contributed by atoms with Crippen LogP contribution in [0.3, 0.4) is 0 Å². The van der Waals surface area contributed by atoms with Gasteiger partial charge in [-0.05, 0) is 17.7 Å². The monoisotopic (exact) mass is 260 g/mol. The smallest absolute Gasteiger partial charge is 0.416 e. The Morgan fingerprint density at radius 2 is 2.00 bits per heavy atom. The first-order valence-corrected chi connectivity index (χ1v) is 4.95. The van der Waals surface area contributed by atoms with Gasteiger partial charge in [0.05, 0.1) is 17.7 Å². The highest BCUT2D eigenvalue weighted by Gasteiger charge is 2.32. The maximum atomic E-state index is 12.7. The topological polar surface area (TPSA) is 46.5 Å². The minimum Gasteiger partial charge on any atom is -0.478 e. The molecule has 0 amide bonds. The molecular formula is C12H11F3O3. The fourth-order valence-electron chi connectivity index (χ4n) is 1.39. The van der Waals surface area contributed by atoms with Gasteiger partial charge in [0.25, 0.3) is 0 Å². The first kappa shape index (κ1) is 14.2. The van der Waals surface area contributed by atoms with Gasteiger partial charge in [-0.15, -0.1) is 0 Å². The Hall–Kier alpha value is -1.82. The molecule has 1 rings (SSSR count). The summed E-state index contributed by atoms with van der Waals surface area (Å²) in [6.45, 7) is -0.262. The van der Waals surface area contributed by atoms with Crippen molar-refractivity contribution in [2.45, 2.75) is 6.18 Å². The summed E-state index contributed by atoms with van der Waals surface area (Å²) in [6, 6.07) is 4.77. The second-order valence-corrected chi connectivity index (χ2v) is 3.49. The molecule has 0 bridgehead atoms. The summed E-state index contributed by atoms with van der Waals surface area (Å²) in [5, 5.41) is 8.83. The Labute approximate surface area is 101 Å². The van der Waals surface area contributed by atoms with Crippen LogP contribution in [-0.4, -0.2) is 24.8 Å². The van der Waals surface area contributed by atoms with Gasteiger partial charge in [0.1, 0.15) is 0 Å². The number of aliphatic carboxylic acids is 1. The summed E-state index contributed by atoms with van der Waals surface area (Å²) in [5.41, 5.74) is -1.31. The van der Waals surface area contributed by atoms with Gasteiger partial charge >= 0.3 is 12.1 Å². The molecule has 6 heteroatoms. The van der Waals surface area contributed by atoms with Crippen LogP contribution in [0.4, 0.5) is 13.2 Å². The van der Waals surface area contributed by atoms with Gasteiger partial charge in [0.15, 0.2) is 0 Å². The average molecular weight is 260 g/mol. The van der Waals surface area contributed by atoms with Gasteiger partial charge in [0, 0.05) is 7.11 Å². The normalized spacial score (nSPS) is 12.6. The van der Waals surface area contributed by atoms with Crippen LogP contribution >= 0.6 is 0 Å². The Kier molecular flexibility index (Phi) is 4.49. The van der Waals surface area contributed by atoms with Gasteiger partial charge in [-0.3, -0.25) is 0 Å². The number of carboxylic acids is 1. The predicted octanol–water partition coefficient (Wildman–Crippen LogP) is 2.82. The summed E-state index contributed by atoms with van der Waals surface area (Å²) < 4.78 is 42.7. The average Bonchev–Trinajstić information content (AvgIpc) is 2.27. The van der Waals surface area contributed by atoms with E-state index in [4.69, 9.17) is 5.11 Å². The second-order valence-electron chi connectivity index (χ2n) is 3.49. The van der Waals surface area contributed by atoms with Crippen LogP contribution in [-0.2, 0) is 15.7 Å². The molecule has 18 heavy (non-hydrogen) atoms. The number of methoxy groups -OCH3 is 1. The Bertz CT molecular complexity index is 464. The van der Waals surface area contributed by atoms with Crippen molar-refractivity contribution >= 4 is 12.0 Å².